The molecule has 0 spiro atoms. The predicted octanol–water partition coefficient (Wildman–Crippen LogP) is -1.07. The Labute approximate surface area is 85.1 Å². The van der Waals surface area contributed by atoms with Gasteiger partial charge in [0.15, 0.2) is 6.10 Å². The topological polar surface area (TPSA) is 124 Å². The van der Waals surface area contributed by atoms with E-state index in [4.69, 9.17) is 0 Å². The van der Waals surface area contributed by atoms with Crippen molar-refractivity contribution in [1.82, 2.24) is 15.3 Å². The fourth-order valence-electron chi connectivity index (χ4n) is 1.07. The number of hydrogen-bond acceptors (Lipinski definition) is 6. The van der Waals surface area contributed by atoms with Gasteiger partial charge >= 0.3 is 5.82 Å². The van der Waals surface area contributed by atoms with Crippen LogP contribution in [0.5, 0.6) is 0 Å². The molecule has 0 radical (unpaired) electrons. The van der Waals surface area contributed by atoms with Gasteiger partial charge in [-0.15, -0.1) is 0 Å². The highest BCUT2D eigenvalue weighted by atomic mass is 16.6. The predicted molar refractivity (Wildman–Crippen MR) is 50.1 cm³/mol. The van der Waals surface area contributed by atoms with E-state index < -0.39 is 17.1 Å². The normalized spacial score (nSPS) is 14.9. The lowest BCUT2D eigenvalue weighted by molar-refractivity contribution is -0.389. The summed E-state index contributed by atoms with van der Waals surface area (Å²) in [5.74, 6) is -0.342. The molecule has 8 heteroatoms. The quantitative estimate of drug-likeness (QED) is 0.367. The Balaban J connectivity index is 2.73. The van der Waals surface area contributed by atoms with Crippen molar-refractivity contribution < 1.29 is 15.1 Å². The Morgan fingerprint density at radius 1 is 1.73 bits per heavy atom. The first kappa shape index (κ1) is 11.6. The Hall–Kier alpha value is -1.51. The van der Waals surface area contributed by atoms with E-state index in [0.717, 1.165) is 6.20 Å². The fraction of sp³-hybridized carbons (Fsp3) is 0.571. The maximum atomic E-state index is 10.3. The molecule has 1 aromatic rings. The maximum Gasteiger partial charge on any atom is 0.340 e. The van der Waals surface area contributed by atoms with Gasteiger partial charge < -0.3 is 25.6 Å². The lowest BCUT2D eigenvalue weighted by Gasteiger charge is -2.12. The summed E-state index contributed by atoms with van der Waals surface area (Å²) in [5.41, 5.74) is 0. The Morgan fingerprint density at radius 2 is 2.40 bits per heavy atom. The minimum atomic E-state index is -1.27. The third-order valence-electron chi connectivity index (χ3n) is 1.84. The van der Waals surface area contributed by atoms with Gasteiger partial charge in [0.25, 0.3) is 0 Å². The van der Waals surface area contributed by atoms with Gasteiger partial charge in [-0.2, -0.15) is 0 Å². The van der Waals surface area contributed by atoms with E-state index in [-0.39, 0.29) is 18.2 Å². The Kier molecular flexibility index (Phi) is 3.72. The highest BCUT2D eigenvalue weighted by Gasteiger charge is 2.24. The minimum absolute atomic E-state index is 0.0237. The number of nitrogens with zero attached hydrogens (tertiary/aromatic N) is 2. The Bertz CT molecular complexity index is 339. The van der Waals surface area contributed by atoms with Crippen molar-refractivity contribution in [2.75, 3.05) is 13.6 Å². The molecule has 84 valence electrons. The summed E-state index contributed by atoms with van der Waals surface area (Å²) >= 11 is 0. The monoisotopic (exact) mass is 216 g/mol. The zero-order chi connectivity index (χ0) is 11.4. The number of aromatic amines is 1. The van der Waals surface area contributed by atoms with E-state index in [2.05, 4.69) is 15.3 Å². The van der Waals surface area contributed by atoms with Gasteiger partial charge in [-0.05, 0) is 12.0 Å². The molecule has 2 unspecified atom stereocenters. The van der Waals surface area contributed by atoms with E-state index in [1.165, 1.54) is 0 Å². The molecule has 0 fully saturated rings. The molecule has 1 rings (SSSR count). The summed E-state index contributed by atoms with van der Waals surface area (Å²) in [6, 6.07) is 0. The van der Waals surface area contributed by atoms with Crippen LogP contribution in [0.3, 0.4) is 0 Å². The third kappa shape index (κ3) is 2.72. The lowest BCUT2D eigenvalue weighted by Crippen LogP contribution is -2.30. The summed E-state index contributed by atoms with van der Waals surface area (Å²) < 4.78 is 0. The first-order valence-corrected chi connectivity index (χ1v) is 4.26. The SMILES string of the molecule is CNCC(O)C(O)c1ncc([N+](=O)[O-])[nH]1. The molecule has 0 aliphatic rings. The number of H-pyrrole nitrogens is 1. The highest BCUT2D eigenvalue weighted by molar-refractivity contribution is 5.16. The summed E-state index contributed by atoms with van der Waals surface area (Å²) in [7, 11) is 1.61. The van der Waals surface area contributed by atoms with E-state index in [0.29, 0.717) is 0 Å². The average molecular weight is 216 g/mol. The number of hydrogen-bond donors (Lipinski definition) is 4. The summed E-state index contributed by atoms with van der Waals surface area (Å²) in [6.45, 7) is 0.162. The molecule has 1 aromatic heterocycles. The largest absolute Gasteiger partial charge is 0.389 e. The van der Waals surface area contributed by atoms with E-state index in [1.54, 1.807) is 7.05 Å². The van der Waals surface area contributed by atoms with Crippen LogP contribution in [-0.2, 0) is 0 Å². The van der Waals surface area contributed by atoms with Gasteiger partial charge in [0, 0.05) is 6.54 Å². The molecule has 0 saturated carbocycles. The van der Waals surface area contributed by atoms with Crippen molar-refractivity contribution in [3.05, 3.63) is 22.1 Å². The molecule has 0 aromatic carbocycles. The molecule has 15 heavy (non-hydrogen) atoms. The molecule has 0 saturated heterocycles. The molecule has 0 aliphatic carbocycles. The molecule has 0 amide bonds. The number of aromatic nitrogens is 2. The van der Waals surface area contributed by atoms with Crippen LogP contribution in [0.15, 0.2) is 6.20 Å². The number of rotatable bonds is 5. The van der Waals surface area contributed by atoms with Crippen molar-refractivity contribution in [3.63, 3.8) is 0 Å². The smallest absolute Gasteiger partial charge is 0.340 e. The Morgan fingerprint density at radius 3 is 2.87 bits per heavy atom. The van der Waals surface area contributed by atoms with Crippen LogP contribution in [0.2, 0.25) is 0 Å². The van der Waals surface area contributed by atoms with Crippen LogP contribution in [0, 0.1) is 10.1 Å². The van der Waals surface area contributed by atoms with Crippen molar-refractivity contribution in [2.45, 2.75) is 12.2 Å². The van der Waals surface area contributed by atoms with Crippen LogP contribution < -0.4 is 5.32 Å². The van der Waals surface area contributed by atoms with Gasteiger partial charge in [-0.25, -0.2) is 9.97 Å². The highest BCUT2D eigenvalue weighted by Crippen LogP contribution is 2.16. The van der Waals surface area contributed by atoms with Crippen LogP contribution in [-0.4, -0.2) is 44.8 Å². The van der Waals surface area contributed by atoms with Crippen molar-refractivity contribution in [2.24, 2.45) is 0 Å². The second-order valence-electron chi connectivity index (χ2n) is 2.98. The van der Waals surface area contributed by atoms with Gasteiger partial charge in [0.05, 0.1) is 0 Å². The zero-order valence-corrected chi connectivity index (χ0v) is 8.04. The van der Waals surface area contributed by atoms with Gasteiger partial charge in [-0.1, -0.05) is 0 Å². The maximum absolute atomic E-state index is 10.3. The molecule has 0 aliphatic heterocycles. The number of likely N-dealkylation sites (N-methyl/N-ethyl adjacent to an activating group) is 1. The van der Waals surface area contributed by atoms with Crippen molar-refractivity contribution in [3.8, 4) is 0 Å². The molecule has 2 atom stereocenters. The van der Waals surface area contributed by atoms with Gasteiger partial charge in [0.2, 0.25) is 5.82 Å². The third-order valence-corrected chi connectivity index (χ3v) is 1.84. The number of aliphatic hydroxyl groups excluding tert-OH is 2. The van der Waals surface area contributed by atoms with Crippen LogP contribution in [0.1, 0.15) is 11.9 Å². The van der Waals surface area contributed by atoms with E-state index in [9.17, 15) is 20.3 Å². The molecular weight excluding hydrogens is 204 g/mol. The van der Waals surface area contributed by atoms with Crippen molar-refractivity contribution in [1.29, 1.82) is 0 Å². The van der Waals surface area contributed by atoms with Crippen LogP contribution in [0.25, 0.3) is 0 Å². The molecule has 4 N–H and O–H groups in total. The van der Waals surface area contributed by atoms with E-state index >= 15 is 0 Å². The first-order valence-electron chi connectivity index (χ1n) is 4.26. The lowest BCUT2D eigenvalue weighted by atomic mass is 10.2. The number of aliphatic hydroxyl groups is 2. The fourth-order valence-corrected chi connectivity index (χ4v) is 1.07. The molecular formula is C7H12N4O4. The number of nitro groups is 1. The van der Waals surface area contributed by atoms with E-state index in [1.807, 2.05) is 0 Å². The van der Waals surface area contributed by atoms with Crippen LogP contribution >= 0.6 is 0 Å². The van der Waals surface area contributed by atoms with Gasteiger partial charge in [0.1, 0.15) is 12.3 Å². The summed E-state index contributed by atoms with van der Waals surface area (Å²) in [6.07, 6.45) is -1.35. The van der Waals surface area contributed by atoms with Crippen molar-refractivity contribution >= 4 is 5.82 Å². The minimum Gasteiger partial charge on any atom is -0.389 e. The number of nitrogens with one attached hydrogen (secondary N) is 2. The first-order chi connectivity index (χ1) is 7.06. The average Bonchev–Trinajstić information content (AvgIpc) is 2.65. The summed E-state index contributed by atoms with van der Waals surface area (Å²) in [5, 5.41) is 31.9. The van der Waals surface area contributed by atoms with Crippen LogP contribution in [0.4, 0.5) is 5.82 Å². The standard InChI is InChI=1S/C7H12N4O4/c1-8-2-4(12)6(13)7-9-3-5(10-7)11(14)15/h3-4,6,8,12-13H,2H2,1H3,(H,9,10). The molecule has 8 nitrogen and oxygen atoms in total. The summed E-state index contributed by atoms with van der Waals surface area (Å²) in [4.78, 5) is 15.6. The molecule has 1 heterocycles. The number of imidazole rings is 1. The second-order valence-corrected chi connectivity index (χ2v) is 2.98. The molecule has 0 bridgehead atoms. The second kappa shape index (κ2) is 4.82. The zero-order valence-electron chi connectivity index (χ0n) is 8.04. The van der Waals surface area contributed by atoms with Gasteiger partial charge in [-0.3, -0.25) is 0 Å².